The molecule has 1 heterocycles. The van der Waals surface area contributed by atoms with Crippen molar-refractivity contribution in [1.29, 1.82) is 0 Å². The number of nitrogens with two attached hydrogens (primary N) is 1. The molecule has 1 saturated heterocycles. The zero-order valence-electron chi connectivity index (χ0n) is 15.3. The number of hydrogen-bond donors (Lipinski definition) is 2. The van der Waals surface area contributed by atoms with Crippen molar-refractivity contribution in [3.63, 3.8) is 0 Å². The van der Waals surface area contributed by atoms with E-state index in [-0.39, 0.29) is 11.9 Å². The summed E-state index contributed by atoms with van der Waals surface area (Å²) in [7, 11) is 0. The van der Waals surface area contributed by atoms with Crippen molar-refractivity contribution in [2.75, 3.05) is 25.0 Å². The van der Waals surface area contributed by atoms with E-state index in [9.17, 15) is 4.79 Å². The van der Waals surface area contributed by atoms with Crippen molar-refractivity contribution in [2.24, 2.45) is 11.7 Å². The van der Waals surface area contributed by atoms with E-state index in [4.69, 9.17) is 17.3 Å². The molecule has 1 fully saturated rings. The molecule has 5 heteroatoms. The van der Waals surface area contributed by atoms with Crippen molar-refractivity contribution < 1.29 is 4.79 Å². The zero-order valence-corrected chi connectivity index (χ0v) is 16.0. The Balaban J connectivity index is 1.70. The van der Waals surface area contributed by atoms with Gasteiger partial charge in [-0.2, -0.15) is 0 Å². The van der Waals surface area contributed by atoms with E-state index in [0.717, 1.165) is 24.3 Å². The van der Waals surface area contributed by atoms with Crippen LogP contribution in [0.15, 0.2) is 48.5 Å². The highest BCUT2D eigenvalue weighted by atomic mass is 35.5. The molecule has 4 nitrogen and oxygen atoms in total. The van der Waals surface area contributed by atoms with E-state index < -0.39 is 0 Å². The van der Waals surface area contributed by atoms with Crippen LogP contribution in [0.4, 0.5) is 5.69 Å². The lowest BCUT2D eigenvalue weighted by Gasteiger charge is -2.24. The van der Waals surface area contributed by atoms with E-state index in [1.165, 1.54) is 5.56 Å². The van der Waals surface area contributed by atoms with Gasteiger partial charge in [0.15, 0.2) is 0 Å². The van der Waals surface area contributed by atoms with Gasteiger partial charge in [0, 0.05) is 29.7 Å². The summed E-state index contributed by atoms with van der Waals surface area (Å²) in [6.45, 7) is 6.16. The largest absolute Gasteiger partial charge is 0.330 e. The predicted molar refractivity (Wildman–Crippen MR) is 108 cm³/mol. The first-order valence-corrected chi connectivity index (χ1v) is 9.44. The summed E-state index contributed by atoms with van der Waals surface area (Å²) in [4.78, 5) is 15.0. The molecule has 1 aliphatic heterocycles. The third-order valence-electron chi connectivity index (χ3n) is 5.45. The lowest BCUT2D eigenvalue weighted by molar-refractivity contribution is -0.120. The maximum Gasteiger partial charge on any atom is 0.241 e. The molecule has 1 aliphatic rings. The van der Waals surface area contributed by atoms with Crippen LogP contribution in [0.5, 0.6) is 0 Å². The fourth-order valence-corrected chi connectivity index (χ4v) is 3.86. The van der Waals surface area contributed by atoms with Gasteiger partial charge in [-0.1, -0.05) is 48.0 Å². The summed E-state index contributed by atoms with van der Waals surface area (Å²) in [5, 5.41) is 3.68. The van der Waals surface area contributed by atoms with Gasteiger partial charge in [0.05, 0.1) is 6.04 Å². The number of nitrogens with one attached hydrogen (secondary N) is 1. The topological polar surface area (TPSA) is 58.4 Å². The van der Waals surface area contributed by atoms with Crippen LogP contribution in [-0.2, 0) is 4.79 Å². The summed E-state index contributed by atoms with van der Waals surface area (Å²) in [6.07, 6.45) is 0. The zero-order chi connectivity index (χ0) is 18.7. The molecule has 26 heavy (non-hydrogen) atoms. The number of nitrogens with zero attached hydrogens (tertiary/aromatic N) is 1. The lowest BCUT2D eigenvalue weighted by Crippen LogP contribution is -2.41. The highest BCUT2D eigenvalue weighted by Gasteiger charge is 2.36. The summed E-state index contributed by atoms with van der Waals surface area (Å²) in [5.74, 6) is 0.713. The molecule has 0 aliphatic carbocycles. The first kappa shape index (κ1) is 18.9. The molecule has 0 aromatic heterocycles. The van der Waals surface area contributed by atoms with Crippen molar-refractivity contribution >= 4 is 23.2 Å². The minimum Gasteiger partial charge on any atom is -0.330 e. The number of anilines is 1. The Morgan fingerprint density at radius 3 is 2.65 bits per heavy atom. The average molecular weight is 372 g/mol. The van der Waals surface area contributed by atoms with Crippen LogP contribution in [-0.4, -0.2) is 36.5 Å². The lowest BCUT2D eigenvalue weighted by atomic mass is 9.89. The first-order chi connectivity index (χ1) is 12.5. The van der Waals surface area contributed by atoms with E-state index in [1.54, 1.807) is 0 Å². The van der Waals surface area contributed by atoms with Crippen LogP contribution in [0, 0.1) is 12.8 Å². The van der Waals surface area contributed by atoms with Gasteiger partial charge in [0.1, 0.15) is 0 Å². The molecule has 2 aromatic carbocycles. The van der Waals surface area contributed by atoms with Crippen LogP contribution in [0.3, 0.4) is 0 Å². The number of benzene rings is 2. The SMILES string of the molecule is Cc1c(Cl)cccc1NC(=O)C(C)N1C[C@@H](CN)[C@H](c2ccccc2)C1. The number of carbonyl (C=O) groups is 1. The van der Waals surface area contributed by atoms with Gasteiger partial charge in [-0.3, -0.25) is 9.69 Å². The molecule has 3 N–H and O–H groups in total. The highest BCUT2D eigenvalue weighted by molar-refractivity contribution is 6.31. The second-order valence-corrected chi connectivity index (χ2v) is 7.45. The van der Waals surface area contributed by atoms with Gasteiger partial charge in [-0.15, -0.1) is 0 Å². The number of amides is 1. The summed E-state index contributed by atoms with van der Waals surface area (Å²) < 4.78 is 0. The van der Waals surface area contributed by atoms with Gasteiger partial charge in [0.25, 0.3) is 0 Å². The number of halogens is 1. The second kappa shape index (κ2) is 8.21. The molecule has 0 spiro atoms. The Kier molecular flexibility index (Phi) is 5.97. The predicted octanol–water partition coefficient (Wildman–Crippen LogP) is 3.65. The van der Waals surface area contributed by atoms with Crippen LogP contribution < -0.4 is 11.1 Å². The van der Waals surface area contributed by atoms with Crippen LogP contribution in [0.2, 0.25) is 5.02 Å². The Morgan fingerprint density at radius 1 is 1.23 bits per heavy atom. The van der Waals surface area contributed by atoms with E-state index in [2.05, 4.69) is 34.5 Å². The van der Waals surface area contributed by atoms with Crippen molar-refractivity contribution in [1.82, 2.24) is 4.90 Å². The Labute approximate surface area is 160 Å². The molecular formula is C21H26ClN3O. The Morgan fingerprint density at radius 2 is 1.96 bits per heavy atom. The molecule has 1 unspecified atom stereocenters. The summed E-state index contributed by atoms with van der Waals surface area (Å²) in [6, 6.07) is 15.8. The smallest absolute Gasteiger partial charge is 0.241 e. The third kappa shape index (κ3) is 3.93. The number of carbonyl (C=O) groups excluding carboxylic acids is 1. The molecule has 0 bridgehead atoms. The van der Waals surface area contributed by atoms with Crippen LogP contribution >= 0.6 is 11.6 Å². The third-order valence-corrected chi connectivity index (χ3v) is 5.86. The quantitative estimate of drug-likeness (QED) is 0.843. The normalized spacial score (nSPS) is 21.5. The fraction of sp³-hybridized carbons (Fsp3) is 0.381. The van der Waals surface area contributed by atoms with E-state index in [1.807, 2.05) is 38.1 Å². The molecule has 3 atom stereocenters. The van der Waals surface area contributed by atoms with Crippen molar-refractivity contribution in [3.8, 4) is 0 Å². The first-order valence-electron chi connectivity index (χ1n) is 9.06. The maximum atomic E-state index is 12.8. The van der Waals surface area contributed by atoms with Gasteiger partial charge in [-0.25, -0.2) is 0 Å². The van der Waals surface area contributed by atoms with Crippen LogP contribution in [0.1, 0.15) is 24.0 Å². The fourth-order valence-electron chi connectivity index (χ4n) is 3.68. The minimum absolute atomic E-state index is 0.0140. The minimum atomic E-state index is -0.226. The van der Waals surface area contributed by atoms with Gasteiger partial charge in [0.2, 0.25) is 5.91 Å². The molecule has 138 valence electrons. The monoisotopic (exact) mass is 371 g/mol. The summed E-state index contributed by atoms with van der Waals surface area (Å²) >= 11 is 6.15. The van der Waals surface area contributed by atoms with E-state index >= 15 is 0 Å². The molecule has 1 amide bonds. The number of likely N-dealkylation sites (tertiary alicyclic amines) is 1. The average Bonchev–Trinajstić information content (AvgIpc) is 3.10. The second-order valence-electron chi connectivity index (χ2n) is 7.04. The van der Waals surface area contributed by atoms with Crippen molar-refractivity contribution in [2.45, 2.75) is 25.8 Å². The van der Waals surface area contributed by atoms with Crippen LogP contribution in [0.25, 0.3) is 0 Å². The number of hydrogen-bond acceptors (Lipinski definition) is 3. The number of rotatable bonds is 5. The highest BCUT2D eigenvalue weighted by Crippen LogP contribution is 2.33. The molecule has 3 rings (SSSR count). The van der Waals surface area contributed by atoms with Gasteiger partial charge in [-0.05, 0) is 49.6 Å². The summed E-state index contributed by atoms with van der Waals surface area (Å²) in [5.41, 5.74) is 8.97. The molecule has 2 aromatic rings. The standard InChI is InChI=1S/C21H26ClN3O/c1-14-19(22)9-6-10-20(14)24-21(26)15(2)25-12-17(11-23)18(13-25)16-7-4-3-5-8-16/h3-10,15,17-18H,11-13,23H2,1-2H3,(H,24,26)/t15?,17-,18+/m1/s1. The van der Waals surface area contributed by atoms with Gasteiger partial charge >= 0.3 is 0 Å². The van der Waals surface area contributed by atoms with Gasteiger partial charge < -0.3 is 11.1 Å². The Bertz CT molecular complexity index is 765. The Hall–Kier alpha value is -1.88. The molecular weight excluding hydrogens is 346 g/mol. The molecule has 0 saturated carbocycles. The maximum absolute atomic E-state index is 12.8. The van der Waals surface area contributed by atoms with E-state index in [0.29, 0.717) is 23.4 Å². The van der Waals surface area contributed by atoms with Crippen molar-refractivity contribution in [3.05, 3.63) is 64.7 Å². The molecule has 0 radical (unpaired) electrons.